The number of nitriles is 11. The number of nitrogens with zero attached hydrogens (tertiary/aromatic N) is 17. The van der Waals surface area contributed by atoms with Crippen LogP contribution in [0.2, 0.25) is 0 Å². The van der Waals surface area contributed by atoms with Crippen molar-refractivity contribution < 1.29 is 0 Å². The lowest BCUT2D eigenvalue weighted by Crippen LogP contribution is -2.05. The van der Waals surface area contributed by atoms with Crippen molar-refractivity contribution in [1.82, 2.24) is 29.9 Å². The summed E-state index contributed by atoms with van der Waals surface area (Å²) in [5.41, 5.74) is 4.97. The Morgan fingerprint density at radius 3 is 0.633 bits per heavy atom. The van der Waals surface area contributed by atoms with Gasteiger partial charge in [-0.15, -0.1) is 0 Å². The molecule has 3 aromatic heterocycles. The first-order valence-electron chi connectivity index (χ1n) is 23.6. The van der Waals surface area contributed by atoms with Crippen LogP contribution in [0.4, 0.5) is 0 Å². The molecule has 10 rings (SSSR count). The quantitative estimate of drug-likeness (QED) is 0.128. The van der Waals surface area contributed by atoms with Crippen molar-refractivity contribution in [1.29, 1.82) is 57.9 Å². The highest BCUT2D eigenvalue weighted by atomic mass is 14.9. The molecule has 358 valence electrons. The number of benzene rings is 7. The predicted molar refractivity (Wildman–Crippen MR) is 284 cm³/mol. The molecule has 0 fully saturated rings. The predicted octanol–water partition coefficient (Wildman–Crippen LogP) is 11.1. The molecule has 17 nitrogen and oxygen atoms in total. The Kier molecular flexibility index (Phi) is 12.8. The zero-order valence-corrected chi connectivity index (χ0v) is 40.9. The third-order valence-corrected chi connectivity index (χ3v) is 13.1. The lowest BCUT2D eigenvalue weighted by Gasteiger charge is -2.18. The summed E-state index contributed by atoms with van der Waals surface area (Å²) in [4.78, 5) is 31.9. The van der Waals surface area contributed by atoms with Gasteiger partial charge in [0.1, 0.15) is 93.8 Å². The molecule has 0 aliphatic carbocycles. The molecule has 7 aromatic carbocycles. The van der Waals surface area contributed by atoms with Crippen LogP contribution < -0.4 is 0 Å². The molecule has 0 atom stereocenters. The Hall–Kier alpha value is -13.1. The van der Waals surface area contributed by atoms with Crippen LogP contribution in [-0.4, -0.2) is 29.9 Å². The van der Waals surface area contributed by atoms with Crippen LogP contribution in [0, 0.1) is 125 Å². The Balaban J connectivity index is 1.47. The number of aromatic nitrogens is 6. The van der Waals surface area contributed by atoms with Crippen LogP contribution in [0.3, 0.4) is 0 Å². The molecule has 79 heavy (non-hydrogen) atoms. The fraction of sp³-hybridized carbons (Fsp3) is 0.0484. The van der Waals surface area contributed by atoms with Crippen molar-refractivity contribution >= 4 is 33.1 Å². The van der Waals surface area contributed by atoms with Crippen LogP contribution >= 0.6 is 0 Å². The Labute approximate surface area is 449 Å². The number of rotatable bonds is 8. The third kappa shape index (κ3) is 8.51. The first-order valence-corrected chi connectivity index (χ1v) is 23.6. The van der Waals surface area contributed by atoms with E-state index in [1.165, 1.54) is 60.7 Å². The van der Waals surface area contributed by atoms with Gasteiger partial charge in [0.25, 0.3) is 0 Å². The van der Waals surface area contributed by atoms with Gasteiger partial charge >= 0.3 is 0 Å². The second-order valence-electron chi connectivity index (χ2n) is 17.5. The van der Waals surface area contributed by atoms with Gasteiger partial charge in [-0.05, 0) is 78.7 Å². The highest BCUT2D eigenvalue weighted by molar-refractivity contribution is 6.20. The van der Waals surface area contributed by atoms with Gasteiger partial charge in [0, 0.05) is 33.4 Å². The lowest BCUT2D eigenvalue weighted by molar-refractivity contribution is 0.918. The Morgan fingerprint density at radius 2 is 0.443 bits per heavy atom. The molecule has 0 aliphatic rings. The van der Waals surface area contributed by atoms with Crippen LogP contribution in [0.1, 0.15) is 80.1 Å². The lowest BCUT2D eigenvalue weighted by atomic mass is 9.95. The van der Waals surface area contributed by atoms with Gasteiger partial charge in [0.05, 0.1) is 101 Å². The topological polar surface area (TPSA) is 339 Å². The molecule has 0 aliphatic heterocycles. The molecule has 0 radical (unpaired) electrons. The average Bonchev–Trinajstić information content (AvgIpc) is 3.70. The Bertz CT molecular complexity index is 4790. The minimum absolute atomic E-state index is 0.0122. The van der Waals surface area contributed by atoms with E-state index in [0.717, 1.165) is 12.0 Å². The van der Waals surface area contributed by atoms with Gasteiger partial charge in [-0.1, -0.05) is 55.8 Å². The largest absolute Gasteiger partial charge is 0.241 e. The summed E-state index contributed by atoms with van der Waals surface area (Å²) in [6, 6.07) is 50.7. The van der Waals surface area contributed by atoms with E-state index in [9.17, 15) is 57.9 Å². The highest BCUT2D eigenvalue weighted by Crippen LogP contribution is 2.43. The van der Waals surface area contributed by atoms with Gasteiger partial charge in [0.15, 0.2) is 0 Å². The second kappa shape index (κ2) is 20.5. The molecule has 0 amide bonds. The minimum Gasteiger partial charge on any atom is -0.241 e. The van der Waals surface area contributed by atoms with E-state index in [-0.39, 0.29) is 123 Å². The molecule has 0 bridgehead atoms. The monoisotopic (exact) mass is 1010 g/mol. The highest BCUT2D eigenvalue weighted by Gasteiger charge is 2.28. The van der Waals surface area contributed by atoms with Crippen molar-refractivity contribution in [2.45, 2.75) is 19.8 Å². The normalized spacial score (nSPS) is 10.3. The van der Waals surface area contributed by atoms with Gasteiger partial charge in [-0.3, -0.25) is 0 Å². The van der Waals surface area contributed by atoms with Crippen LogP contribution in [0.15, 0.2) is 109 Å². The summed E-state index contributed by atoms with van der Waals surface area (Å²) >= 11 is 0. The SMILES string of the molecule is CCCc1ccc(-c2nc3c4nc(-c5ccc(C#N)c(C#N)c5)c(-c5ccc(C#N)c(C#N)c5)nc4c4nc(-c5ccc(C#N)c(C#N)c5)c(-c5ccc(C#N)c(C#N)c5)nc4c3nc2-c2ccc(C#N)c(C#N)c2)cc1C#N. The fourth-order valence-electron chi connectivity index (χ4n) is 9.23. The summed E-state index contributed by atoms with van der Waals surface area (Å²) in [7, 11) is 0. The molecule has 0 saturated heterocycles. The summed E-state index contributed by atoms with van der Waals surface area (Å²) in [5.74, 6) is 0. The standard InChI is InChI=1S/C62H25N17/c1-2-3-33-4-5-34(16-45(33)27-68)51-52(35-6-11-40(22-63)46(17-35)28-69)75-58-57(74-51)59-61(78-54(37-8-13-42(24-65)48(19-37)30-71)53(76-59)36-7-12-41(23-64)47(18-36)29-70)62-60(58)77-55(38-9-14-43(25-66)49(20-38)31-72)56(79-62)39-10-15-44(26-67)50(21-39)32-73/h4-21H,2-3H2,1H3. The number of fused-ring (bicyclic) bond motifs is 6. The van der Waals surface area contributed by atoms with Crippen LogP contribution in [0.5, 0.6) is 0 Å². The molecular formula is C62H25N17. The van der Waals surface area contributed by atoms with Gasteiger partial charge in [-0.25, -0.2) is 29.9 Å². The first-order chi connectivity index (χ1) is 38.6. The molecular weight excluding hydrogens is 983 g/mol. The summed E-state index contributed by atoms with van der Waals surface area (Å²) in [6.45, 7) is 1.99. The molecule has 0 N–H and O–H groups in total. The summed E-state index contributed by atoms with van der Waals surface area (Å²) in [5, 5.41) is 112. The second-order valence-corrected chi connectivity index (χ2v) is 17.5. The van der Waals surface area contributed by atoms with E-state index in [1.54, 1.807) is 42.5 Å². The number of hydrogen-bond acceptors (Lipinski definition) is 17. The molecule has 0 saturated carbocycles. The van der Waals surface area contributed by atoms with E-state index in [2.05, 4.69) is 36.4 Å². The van der Waals surface area contributed by atoms with Crippen molar-refractivity contribution in [2.75, 3.05) is 0 Å². The zero-order chi connectivity index (χ0) is 55.5. The van der Waals surface area contributed by atoms with Crippen molar-refractivity contribution in [3.63, 3.8) is 0 Å². The summed E-state index contributed by atoms with van der Waals surface area (Å²) in [6.07, 6.45) is 1.36. The van der Waals surface area contributed by atoms with Gasteiger partial charge in [0.2, 0.25) is 0 Å². The van der Waals surface area contributed by atoms with Crippen molar-refractivity contribution in [3.8, 4) is 134 Å². The van der Waals surface area contributed by atoms with Gasteiger partial charge in [-0.2, -0.15) is 57.9 Å². The average molecular weight is 1010 g/mol. The summed E-state index contributed by atoms with van der Waals surface area (Å²) < 4.78 is 0. The van der Waals surface area contributed by atoms with Crippen molar-refractivity contribution in [3.05, 3.63) is 176 Å². The van der Waals surface area contributed by atoms with E-state index < -0.39 is 0 Å². The molecule has 17 heteroatoms. The van der Waals surface area contributed by atoms with E-state index >= 15 is 0 Å². The maximum Gasteiger partial charge on any atom is 0.120 e. The van der Waals surface area contributed by atoms with E-state index in [4.69, 9.17) is 29.9 Å². The minimum atomic E-state index is 0.0122. The Morgan fingerprint density at radius 1 is 0.253 bits per heavy atom. The molecule has 10 aromatic rings. The van der Waals surface area contributed by atoms with E-state index in [0.29, 0.717) is 45.4 Å². The third-order valence-electron chi connectivity index (χ3n) is 13.1. The molecule has 0 spiro atoms. The van der Waals surface area contributed by atoms with Gasteiger partial charge < -0.3 is 0 Å². The maximum atomic E-state index is 10.5. The van der Waals surface area contributed by atoms with Crippen molar-refractivity contribution in [2.24, 2.45) is 0 Å². The first kappa shape index (κ1) is 49.5. The smallest absolute Gasteiger partial charge is 0.120 e. The molecule has 3 heterocycles. The number of hydrogen-bond donors (Lipinski definition) is 0. The van der Waals surface area contributed by atoms with Crippen LogP contribution in [-0.2, 0) is 6.42 Å². The molecule has 0 unspecified atom stereocenters. The fourth-order valence-corrected chi connectivity index (χ4v) is 9.23. The van der Waals surface area contributed by atoms with E-state index in [1.807, 2.05) is 43.3 Å². The zero-order valence-electron chi connectivity index (χ0n) is 40.9. The number of aryl methyl sites for hydroxylation is 1. The van der Waals surface area contributed by atoms with Crippen LogP contribution in [0.25, 0.3) is 101 Å². The maximum absolute atomic E-state index is 10.5.